The third-order valence-electron chi connectivity index (χ3n) is 12.4. The van der Waals surface area contributed by atoms with Crippen LogP contribution in [0, 0.1) is 41.5 Å². The van der Waals surface area contributed by atoms with E-state index >= 15 is 0 Å². The van der Waals surface area contributed by atoms with Gasteiger partial charge in [-0.1, -0.05) is 179 Å². The normalized spacial score (nSPS) is 12.3. The number of anilines is 3. The smallest absolute Gasteiger partial charge is 0.243 e. The molecule has 0 atom stereocenters. The van der Waals surface area contributed by atoms with E-state index in [0.717, 1.165) is 0 Å². The molecule has 0 saturated heterocycles. The van der Waals surface area contributed by atoms with Gasteiger partial charge in [-0.3, -0.25) is 0 Å². The number of hydrogen-bond donors (Lipinski definition) is 0. The number of aryl methyl sites for hydroxylation is 6. The molecule has 0 spiro atoms. The Bertz CT molecular complexity index is 2690. The summed E-state index contributed by atoms with van der Waals surface area (Å²) in [4.78, 5) is 2.50. The van der Waals surface area contributed by atoms with Crippen molar-refractivity contribution in [1.29, 1.82) is 0 Å². The molecule has 0 radical (unpaired) electrons. The molecule has 8 rings (SSSR count). The van der Waals surface area contributed by atoms with Gasteiger partial charge in [0.05, 0.1) is 21.8 Å². The third-order valence-corrected chi connectivity index (χ3v) is 16.6. The van der Waals surface area contributed by atoms with Crippen molar-refractivity contribution in [3.63, 3.8) is 0 Å². The molecule has 0 unspecified atom stereocenters. The highest BCUT2D eigenvalue weighted by molar-refractivity contribution is 6.97. The van der Waals surface area contributed by atoms with Gasteiger partial charge >= 0.3 is 0 Å². The van der Waals surface area contributed by atoms with Gasteiger partial charge in [0.1, 0.15) is 0 Å². The molecule has 8 aromatic carbocycles. The van der Waals surface area contributed by atoms with Gasteiger partial charge < -0.3 is 4.90 Å². The van der Waals surface area contributed by atoms with Gasteiger partial charge in [0.2, 0.25) is 6.71 Å². The Hall–Kier alpha value is -4.90. The molecule has 8 aromatic rings. The summed E-state index contributed by atoms with van der Waals surface area (Å²) in [5.41, 5.74) is 15.9. The zero-order valence-corrected chi connectivity index (χ0v) is 37.6. The molecule has 4 heteroatoms. The van der Waals surface area contributed by atoms with Crippen molar-refractivity contribution in [2.75, 3.05) is 4.90 Å². The fourth-order valence-corrected chi connectivity index (χ4v) is 11.7. The number of benzene rings is 8. The second-order valence-corrected chi connectivity index (χ2v) is 28.8. The maximum Gasteiger partial charge on any atom is 0.243 e. The standard InChI is InChI=1S/C52H56BNSi2/c1-33-29-37(5)52(38(6)30-33)53(48-32-35(3)34(2)31-36(48)4)47-27-15-39-14-26-46-49(28-16-40-13-25-45(47)50(39)51(40)46)54(41-17-21-43(22-18-41)55(7,8)9)42-19-23-44(24-20-42)56(10,11)12/h13-32H,1-12H3. The van der Waals surface area contributed by atoms with Crippen LogP contribution in [-0.4, -0.2) is 22.9 Å². The second kappa shape index (κ2) is 13.9. The Morgan fingerprint density at radius 3 is 1.41 bits per heavy atom. The highest BCUT2D eigenvalue weighted by Crippen LogP contribution is 2.43. The van der Waals surface area contributed by atoms with E-state index in [9.17, 15) is 0 Å². The van der Waals surface area contributed by atoms with Crippen molar-refractivity contribution >= 4 is 99.0 Å². The van der Waals surface area contributed by atoms with Crippen LogP contribution in [0.15, 0.2) is 121 Å². The van der Waals surface area contributed by atoms with E-state index in [2.05, 4.69) is 207 Å². The van der Waals surface area contributed by atoms with Crippen molar-refractivity contribution in [2.24, 2.45) is 0 Å². The van der Waals surface area contributed by atoms with Gasteiger partial charge in [-0.2, -0.15) is 0 Å². The molecule has 0 fully saturated rings. The minimum absolute atomic E-state index is 0.102. The molecule has 1 nitrogen and oxygen atoms in total. The molecule has 0 aliphatic carbocycles. The van der Waals surface area contributed by atoms with Crippen LogP contribution < -0.4 is 31.7 Å². The Morgan fingerprint density at radius 1 is 0.411 bits per heavy atom. The molecule has 0 bridgehead atoms. The Kier molecular flexibility index (Phi) is 9.45. The summed E-state index contributed by atoms with van der Waals surface area (Å²) in [5, 5.41) is 10.8. The van der Waals surface area contributed by atoms with E-state index in [1.807, 2.05) is 0 Å². The van der Waals surface area contributed by atoms with Crippen LogP contribution >= 0.6 is 0 Å². The summed E-state index contributed by atoms with van der Waals surface area (Å²) < 4.78 is 0. The topological polar surface area (TPSA) is 3.24 Å². The van der Waals surface area contributed by atoms with E-state index in [0.29, 0.717) is 0 Å². The third kappa shape index (κ3) is 6.61. The molecule has 0 N–H and O–H groups in total. The van der Waals surface area contributed by atoms with Crippen molar-refractivity contribution in [3.05, 3.63) is 155 Å². The predicted octanol–water partition coefficient (Wildman–Crippen LogP) is 11.5. The molecule has 0 amide bonds. The fourth-order valence-electron chi connectivity index (χ4n) is 9.32. The zero-order chi connectivity index (χ0) is 39.8. The Morgan fingerprint density at radius 2 is 0.875 bits per heavy atom. The largest absolute Gasteiger partial charge is 0.310 e. The molecule has 0 heterocycles. The minimum Gasteiger partial charge on any atom is -0.310 e. The Balaban J connectivity index is 1.41. The minimum atomic E-state index is -1.46. The molecular formula is C52H56BNSi2. The molecule has 56 heavy (non-hydrogen) atoms. The predicted molar refractivity (Wildman–Crippen MR) is 257 cm³/mol. The van der Waals surface area contributed by atoms with Crippen molar-refractivity contribution in [2.45, 2.75) is 80.8 Å². The van der Waals surface area contributed by atoms with Crippen LogP contribution in [0.2, 0.25) is 39.3 Å². The summed E-state index contributed by atoms with van der Waals surface area (Å²) >= 11 is 0. The molecule has 0 saturated carbocycles. The van der Waals surface area contributed by atoms with E-state index in [1.54, 1.807) is 0 Å². The van der Waals surface area contributed by atoms with Crippen LogP contribution in [0.3, 0.4) is 0 Å². The zero-order valence-electron chi connectivity index (χ0n) is 35.6. The lowest BCUT2D eigenvalue weighted by atomic mass is 9.34. The maximum atomic E-state index is 2.50. The van der Waals surface area contributed by atoms with E-state index in [4.69, 9.17) is 0 Å². The summed E-state index contributed by atoms with van der Waals surface area (Å²) in [7, 11) is -2.93. The van der Waals surface area contributed by atoms with Gasteiger partial charge in [-0.05, 0) is 110 Å². The monoisotopic (exact) mass is 761 g/mol. The second-order valence-electron chi connectivity index (χ2n) is 18.6. The first-order chi connectivity index (χ1) is 26.5. The van der Waals surface area contributed by atoms with Crippen LogP contribution in [0.1, 0.15) is 33.4 Å². The van der Waals surface area contributed by atoms with E-state index < -0.39 is 16.1 Å². The molecule has 0 aromatic heterocycles. The van der Waals surface area contributed by atoms with Crippen molar-refractivity contribution < 1.29 is 0 Å². The van der Waals surface area contributed by atoms with E-state index in [-0.39, 0.29) is 6.71 Å². The van der Waals surface area contributed by atoms with Gasteiger partial charge in [-0.15, -0.1) is 0 Å². The van der Waals surface area contributed by atoms with Gasteiger partial charge in [-0.25, -0.2) is 0 Å². The fraction of sp³-hybridized carbons (Fsp3) is 0.231. The van der Waals surface area contributed by atoms with Crippen LogP contribution in [-0.2, 0) is 0 Å². The lowest BCUT2D eigenvalue weighted by Gasteiger charge is -2.29. The first kappa shape index (κ1) is 38.0. The lowest BCUT2D eigenvalue weighted by Crippen LogP contribution is -2.55. The number of rotatable bonds is 8. The Labute approximate surface area is 337 Å². The van der Waals surface area contributed by atoms with E-state index in [1.165, 1.54) is 110 Å². The summed E-state index contributed by atoms with van der Waals surface area (Å²) in [5.74, 6) is 0. The highest BCUT2D eigenvalue weighted by atomic mass is 28.3. The maximum absolute atomic E-state index is 2.50. The first-order valence-electron chi connectivity index (χ1n) is 20.4. The number of hydrogen-bond acceptors (Lipinski definition) is 1. The summed E-state index contributed by atoms with van der Waals surface area (Å²) in [6, 6.07) is 47.5. The van der Waals surface area contributed by atoms with Crippen molar-refractivity contribution in [1.82, 2.24) is 0 Å². The van der Waals surface area contributed by atoms with Crippen molar-refractivity contribution in [3.8, 4) is 0 Å². The molecule has 0 aliphatic rings. The quantitative estimate of drug-likeness (QED) is 0.110. The average Bonchev–Trinajstić information content (AvgIpc) is 3.14. The summed E-state index contributed by atoms with van der Waals surface area (Å²) in [6.07, 6.45) is 0. The molecule has 280 valence electrons. The van der Waals surface area contributed by atoms with Gasteiger partial charge in [0, 0.05) is 16.8 Å². The van der Waals surface area contributed by atoms with Gasteiger partial charge in [0.15, 0.2) is 0 Å². The molecule has 0 aliphatic heterocycles. The van der Waals surface area contributed by atoms with Crippen LogP contribution in [0.5, 0.6) is 0 Å². The van der Waals surface area contributed by atoms with Crippen LogP contribution in [0.25, 0.3) is 32.3 Å². The highest BCUT2D eigenvalue weighted by Gasteiger charge is 2.30. The summed E-state index contributed by atoms with van der Waals surface area (Å²) in [6.45, 7) is 28.3. The average molecular weight is 762 g/mol. The lowest BCUT2D eigenvalue weighted by molar-refractivity contribution is 1.30. The van der Waals surface area contributed by atoms with Gasteiger partial charge in [0.25, 0.3) is 0 Å². The molecular weight excluding hydrogens is 706 g/mol. The SMILES string of the molecule is Cc1cc(C)c(B(c2cc(C)c(C)cc2C)c2ccc3ccc4c(N(c5ccc([Si](C)(C)C)cc5)c5ccc([Si](C)(C)C)cc5)ccc5ccc2c3c54)c(C)c1. The van der Waals surface area contributed by atoms with Crippen LogP contribution in [0.4, 0.5) is 17.1 Å². The number of nitrogens with zero attached hydrogens (tertiary/aromatic N) is 1. The first-order valence-corrected chi connectivity index (χ1v) is 27.4.